The molecular formula is C16H25NO. The van der Waals surface area contributed by atoms with Crippen molar-refractivity contribution in [2.75, 3.05) is 19.8 Å². The summed E-state index contributed by atoms with van der Waals surface area (Å²) in [5.74, 6) is 0. The highest BCUT2D eigenvalue weighted by atomic mass is 16.5. The third-order valence-electron chi connectivity index (χ3n) is 2.76. The molecule has 1 aromatic carbocycles. The average molecular weight is 247 g/mol. The predicted octanol–water partition coefficient (Wildman–Crippen LogP) is 3.71. The van der Waals surface area contributed by atoms with Crippen LogP contribution < -0.4 is 5.32 Å². The Morgan fingerprint density at radius 2 is 2.06 bits per heavy atom. The van der Waals surface area contributed by atoms with Gasteiger partial charge >= 0.3 is 0 Å². The van der Waals surface area contributed by atoms with Crippen LogP contribution in [0, 0.1) is 0 Å². The van der Waals surface area contributed by atoms with Crippen molar-refractivity contribution >= 4 is 0 Å². The maximum absolute atomic E-state index is 5.50. The average Bonchev–Trinajstić information content (AvgIpc) is 2.38. The molecule has 1 unspecified atom stereocenters. The van der Waals surface area contributed by atoms with Gasteiger partial charge in [0.15, 0.2) is 0 Å². The van der Waals surface area contributed by atoms with E-state index in [0.717, 1.165) is 25.1 Å². The molecule has 0 fully saturated rings. The van der Waals surface area contributed by atoms with Crippen molar-refractivity contribution in [3.63, 3.8) is 0 Å². The lowest BCUT2D eigenvalue weighted by molar-refractivity contribution is 0.155. The summed E-state index contributed by atoms with van der Waals surface area (Å²) in [7, 11) is 0. The Morgan fingerprint density at radius 1 is 1.33 bits per heavy atom. The molecule has 0 aliphatic heterocycles. The Bertz CT molecular complexity index is 334. The van der Waals surface area contributed by atoms with E-state index in [4.69, 9.17) is 4.74 Å². The van der Waals surface area contributed by atoms with Crippen molar-refractivity contribution in [1.29, 1.82) is 0 Å². The fraction of sp³-hybridized carbons (Fsp3) is 0.500. The summed E-state index contributed by atoms with van der Waals surface area (Å²) >= 11 is 0. The van der Waals surface area contributed by atoms with Gasteiger partial charge < -0.3 is 10.1 Å². The molecule has 1 aromatic rings. The minimum Gasteiger partial charge on any atom is -0.376 e. The molecule has 0 bridgehead atoms. The van der Waals surface area contributed by atoms with Crippen LogP contribution in [0.5, 0.6) is 0 Å². The Labute approximate surface area is 111 Å². The fourth-order valence-electron chi connectivity index (χ4n) is 1.91. The largest absolute Gasteiger partial charge is 0.376 e. The molecule has 0 saturated carbocycles. The highest BCUT2D eigenvalue weighted by Crippen LogP contribution is 2.17. The van der Waals surface area contributed by atoms with Crippen molar-refractivity contribution in [1.82, 2.24) is 5.32 Å². The molecule has 0 saturated heterocycles. The second-order valence-corrected chi connectivity index (χ2v) is 4.72. The minimum atomic E-state index is 0.435. The molecule has 0 aliphatic rings. The van der Waals surface area contributed by atoms with Crippen molar-refractivity contribution in [2.24, 2.45) is 0 Å². The predicted molar refractivity (Wildman–Crippen MR) is 77.7 cm³/mol. The third kappa shape index (κ3) is 5.99. The van der Waals surface area contributed by atoms with E-state index in [2.05, 4.69) is 49.2 Å². The van der Waals surface area contributed by atoms with Gasteiger partial charge in [0.1, 0.15) is 0 Å². The Morgan fingerprint density at radius 3 is 2.67 bits per heavy atom. The number of benzene rings is 1. The van der Waals surface area contributed by atoms with Crippen LogP contribution in [0.25, 0.3) is 0 Å². The number of hydrogen-bond donors (Lipinski definition) is 1. The summed E-state index contributed by atoms with van der Waals surface area (Å²) in [6.45, 7) is 10.3. The van der Waals surface area contributed by atoms with Crippen molar-refractivity contribution in [3.8, 4) is 0 Å². The van der Waals surface area contributed by atoms with Crippen LogP contribution in [0.4, 0.5) is 0 Å². The van der Waals surface area contributed by atoms with Gasteiger partial charge in [0, 0.05) is 12.6 Å². The highest BCUT2D eigenvalue weighted by Gasteiger charge is 2.08. The summed E-state index contributed by atoms with van der Waals surface area (Å²) in [5.41, 5.74) is 2.43. The lowest BCUT2D eigenvalue weighted by Gasteiger charge is -2.18. The van der Waals surface area contributed by atoms with Crippen molar-refractivity contribution in [2.45, 2.75) is 32.7 Å². The van der Waals surface area contributed by atoms with Gasteiger partial charge in [-0.2, -0.15) is 0 Å². The summed E-state index contributed by atoms with van der Waals surface area (Å²) < 4.78 is 5.50. The molecule has 0 spiro atoms. The zero-order valence-electron chi connectivity index (χ0n) is 11.6. The fourth-order valence-corrected chi connectivity index (χ4v) is 1.91. The Balaban J connectivity index is 2.33. The SMILES string of the molecule is C=C(C)COCCNC(CCC)c1ccccc1. The zero-order chi connectivity index (χ0) is 13.2. The van der Waals surface area contributed by atoms with Crippen LogP contribution in [0.3, 0.4) is 0 Å². The second-order valence-electron chi connectivity index (χ2n) is 4.72. The number of rotatable bonds is 9. The molecule has 18 heavy (non-hydrogen) atoms. The van der Waals surface area contributed by atoms with Crippen LogP contribution in [-0.4, -0.2) is 19.8 Å². The molecular weight excluding hydrogens is 222 g/mol. The lowest BCUT2D eigenvalue weighted by Crippen LogP contribution is -2.25. The van der Waals surface area contributed by atoms with E-state index in [-0.39, 0.29) is 0 Å². The van der Waals surface area contributed by atoms with E-state index in [1.54, 1.807) is 0 Å². The van der Waals surface area contributed by atoms with Crippen molar-refractivity contribution < 1.29 is 4.74 Å². The molecule has 1 rings (SSSR count). The van der Waals surface area contributed by atoms with Gasteiger partial charge in [0.2, 0.25) is 0 Å². The van der Waals surface area contributed by atoms with Crippen LogP contribution in [-0.2, 0) is 4.74 Å². The molecule has 0 radical (unpaired) electrons. The highest BCUT2D eigenvalue weighted by molar-refractivity contribution is 5.18. The number of hydrogen-bond acceptors (Lipinski definition) is 2. The molecule has 1 atom stereocenters. The standard InChI is InChI=1S/C16H25NO/c1-4-8-16(15-9-6-5-7-10-15)17-11-12-18-13-14(2)3/h5-7,9-10,16-17H,2,4,8,11-13H2,1,3H3. The molecule has 100 valence electrons. The first-order valence-electron chi connectivity index (χ1n) is 6.74. The number of nitrogens with one attached hydrogen (secondary N) is 1. The van der Waals surface area contributed by atoms with Gasteiger partial charge in [-0.1, -0.05) is 55.8 Å². The maximum Gasteiger partial charge on any atom is 0.0672 e. The van der Waals surface area contributed by atoms with Crippen molar-refractivity contribution in [3.05, 3.63) is 48.0 Å². The number of ether oxygens (including phenoxy) is 1. The molecule has 2 nitrogen and oxygen atoms in total. The van der Waals surface area contributed by atoms with E-state index in [1.807, 2.05) is 6.92 Å². The molecule has 2 heteroatoms. The maximum atomic E-state index is 5.50. The van der Waals surface area contributed by atoms with Crippen LogP contribution in [0.2, 0.25) is 0 Å². The smallest absolute Gasteiger partial charge is 0.0672 e. The van der Waals surface area contributed by atoms with Crippen LogP contribution >= 0.6 is 0 Å². The molecule has 1 N–H and O–H groups in total. The summed E-state index contributed by atoms with van der Waals surface area (Å²) in [6.07, 6.45) is 2.34. The third-order valence-corrected chi connectivity index (χ3v) is 2.76. The van der Waals surface area contributed by atoms with Gasteiger partial charge in [0.25, 0.3) is 0 Å². The Kier molecular flexibility index (Phi) is 7.38. The molecule has 0 amide bonds. The topological polar surface area (TPSA) is 21.3 Å². The first kappa shape index (κ1) is 14.9. The van der Waals surface area contributed by atoms with Gasteiger partial charge in [-0.25, -0.2) is 0 Å². The van der Waals surface area contributed by atoms with E-state index >= 15 is 0 Å². The summed E-state index contributed by atoms with van der Waals surface area (Å²) in [5, 5.41) is 3.56. The zero-order valence-corrected chi connectivity index (χ0v) is 11.6. The monoisotopic (exact) mass is 247 g/mol. The molecule has 0 aromatic heterocycles. The van der Waals surface area contributed by atoms with E-state index in [1.165, 1.54) is 12.0 Å². The van der Waals surface area contributed by atoms with Crippen LogP contribution in [0.15, 0.2) is 42.5 Å². The molecule has 0 heterocycles. The minimum absolute atomic E-state index is 0.435. The first-order chi connectivity index (χ1) is 8.74. The quantitative estimate of drug-likeness (QED) is 0.530. The Hall–Kier alpha value is -1.12. The summed E-state index contributed by atoms with van der Waals surface area (Å²) in [4.78, 5) is 0. The van der Waals surface area contributed by atoms with E-state index in [9.17, 15) is 0 Å². The van der Waals surface area contributed by atoms with E-state index in [0.29, 0.717) is 12.6 Å². The normalized spacial score (nSPS) is 12.3. The summed E-state index contributed by atoms with van der Waals surface area (Å²) in [6, 6.07) is 11.0. The van der Waals surface area contributed by atoms with Gasteiger partial charge in [-0.3, -0.25) is 0 Å². The van der Waals surface area contributed by atoms with E-state index < -0.39 is 0 Å². The van der Waals surface area contributed by atoms with Gasteiger partial charge in [-0.05, 0) is 18.9 Å². The second kappa shape index (κ2) is 8.90. The molecule has 0 aliphatic carbocycles. The van der Waals surface area contributed by atoms with Gasteiger partial charge in [-0.15, -0.1) is 0 Å². The van der Waals surface area contributed by atoms with Gasteiger partial charge in [0.05, 0.1) is 13.2 Å². The first-order valence-corrected chi connectivity index (χ1v) is 6.74. The lowest BCUT2D eigenvalue weighted by atomic mass is 10.0. The van der Waals surface area contributed by atoms with Crippen LogP contribution in [0.1, 0.15) is 38.3 Å².